The number of rotatable bonds is 1. The SMILES string of the molecule is Nc1cc2c(cc1-n1ccnc1)OCCO2. The highest BCUT2D eigenvalue weighted by molar-refractivity contribution is 5.65. The van der Waals surface area contributed by atoms with Crippen LogP contribution in [0.4, 0.5) is 5.69 Å². The molecule has 5 heteroatoms. The third kappa shape index (κ3) is 1.37. The molecule has 82 valence electrons. The first-order valence-corrected chi connectivity index (χ1v) is 5.02. The van der Waals surface area contributed by atoms with Gasteiger partial charge in [-0.15, -0.1) is 0 Å². The van der Waals surface area contributed by atoms with Crippen molar-refractivity contribution in [3.63, 3.8) is 0 Å². The lowest BCUT2D eigenvalue weighted by atomic mass is 10.2. The van der Waals surface area contributed by atoms with Gasteiger partial charge in [0.15, 0.2) is 11.5 Å². The van der Waals surface area contributed by atoms with Crippen LogP contribution >= 0.6 is 0 Å². The first kappa shape index (κ1) is 9.08. The first-order valence-electron chi connectivity index (χ1n) is 5.02. The monoisotopic (exact) mass is 217 g/mol. The van der Waals surface area contributed by atoms with Crippen LogP contribution in [-0.2, 0) is 0 Å². The normalized spacial score (nSPS) is 13.8. The van der Waals surface area contributed by atoms with Gasteiger partial charge in [0.2, 0.25) is 0 Å². The molecule has 1 aromatic carbocycles. The van der Waals surface area contributed by atoms with Crippen LogP contribution in [0.5, 0.6) is 11.5 Å². The van der Waals surface area contributed by atoms with Crippen LogP contribution in [0.15, 0.2) is 30.9 Å². The second kappa shape index (κ2) is 3.44. The van der Waals surface area contributed by atoms with E-state index in [1.165, 1.54) is 0 Å². The van der Waals surface area contributed by atoms with Gasteiger partial charge in [-0.05, 0) is 0 Å². The zero-order chi connectivity index (χ0) is 11.0. The van der Waals surface area contributed by atoms with E-state index < -0.39 is 0 Å². The predicted octanol–water partition coefficient (Wildman–Crippen LogP) is 1.23. The van der Waals surface area contributed by atoms with Crippen LogP contribution in [0.2, 0.25) is 0 Å². The molecule has 2 aromatic rings. The maximum absolute atomic E-state index is 5.95. The van der Waals surface area contributed by atoms with E-state index in [0.717, 1.165) is 11.4 Å². The van der Waals surface area contributed by atoms with Crippen LogP contribution < -0.4 is 15.2 Å². The Morgan fingerprint density at radius 2 is 1.94 bits per heavy atom. The smallest absolute Gasteiger partial charge is 0.163 e. The number of nitrogen functional groups attached to an aromatic ring is 1. The molecule has 0 unspecified atom stereocenters. The number of nitrogens with zero attached hydrogens (tertiary/aromatic N) is 2. The molecule has 0 atom stereocenters. The molecule has 0 bridgehead atoms. The van der Waals surface area contributed by atoms with Crippen molar-refractivity contribution in [2.75, 3.05) is 18.9 Å². The Morgan fingerprint density at radius 3 is 2.62 bits per heavy atom. The standard InChI is InChI=1S/C11H11N3O2/c12-8-5-10-11(16-4-3-15-10)6-9(8)14-2-1-13-7-14/h1-2,5-7H,3-4,12H2. The van der Waals surface area contributed by atoms with Gasteiger partial charge in [-0.1, -0.05) is 0 Å². The molecule has 0 radical (unpaired) electrons. The minimum Gasteiger partial charge on any atom is -0.486 e. The topological polar surface area (TPSA) is 62.3 Å². The van der Waals surface area contributed by atoms with Gasteiger partial charge in [-0.2, -0.15) is 0 Å². The Balaban J connectivity index is 2.12. The van der Waals surface area contributed by atoms with Crippen molar-refractivity contribution in [3.8, 4) is 17.2 Å². The van der Waals surface area contributed by atoms with Crippen LogP contribution in [0, 0.1) is 0 Å². The maximum atomic E-state index is 5.95. The van der Waals surface area contributed by atoms with Crippen molar-refractivity contribution < 1.29 is 9.47 Å². The van der Waals surface area contributed by atoms with Crippen molar-refractivity contribution in [3.05, 3.63) is 30.9 Å². The molecule has 5 nitrogen and oxygen atoms in total. The number of fused-ring (bicyclic) bond motifs is 1. The molecule has 3 rings (SSSR count). The second-order valence-corrected chi connectivity index (χ2v) is 3.52. The summed E-state index contributed by atoms with van der Waals surface area (Å²) in [6.45, 7) is 1.14. The lowest BCUT2D eigenvalue weighted by Crippen LogP contribution is -2.16. The second-order valence-electron chi connectivity index (χ2n) is 3.52. The molecule has 1 aliphatic heterocycles. The number of ether oxygens (including phenoxy) is 2. The summed E-state index contributed by atoms with van der Waals surface area (Å²) in [5.41, 5.74) is 7.44. The van der Waals surface area contributed by atoms with Gasteiger partial charge < -0.3 is 19.8 Å². The molecule has 1 aliphatic rings. The van der Waals surface area contributed by atoms with Gasteiger partial charge in [0.25, 0.3) is 0 Å². The zero-order valence-corrected chi connectivity index (χ0v) is 8.59. The van der Waals surface area contributed by atoms with E-state index >= 15 is 0 Å². The van der Waals surface area contributed by atoms with Crippen molar-refractivity contribution in [2.45, 2.75) is 0 Å². The van der Waals surface area contributed by atoms with E-state index in [0.29, 0.717) is 24.7 Å². The highest BCUT2D eigenvalue weighted by atomic mass is 16.6. The quantitative estimate of drug-likeness (QED) is 0.730. The van der Waals surface area contributed by atoms with Crippen molar-refractivity contribution >= 4 is 5.69 Å². The highest BCUT2D eigenvalue weighted by Crippen LogP contribution is 2.35. The lowest BCUT2D eigenvalue weighted by molar-refractivity contribution is 0.171. The van der Waals surface area contributed by atoms with Crippen molar-refractivity contribution in [1.82, 2.24) is 9.55 Å². The summed E-state index contributed by atoms with van der Waals surface area (Å²) in [7, 11) is 0. The third-order valence-corrected chi connectivity index (χ3v) is 2.47. The molecule has 0 aliphatic carbocycles. The van der Waals surface area contributed by atoms with E-state index in [1.807, 2.05) is 16.8 Å². The molecule has 0 amide bonds. The number of nitrogens with two attached hydrogens (primary N) is 1. The average molecular weight is 217 g/mol. The summed E-state index contributed by atoms with van der Waals surface area (Å²) in [5, 5.41) is 0. The molecule has 0 fully saturated rings. The third-order valence-electron chi connectivity index (χ3n) is 2.47. The van der Waals surface area contributed by atoms with E-state index in [1.54, 1.807) is 18.6 Å². The predicted molar refractivity (Wildman–Crippen MR) is 59.0 cm³/mol. The molecule has 1 aromatic heterocycles. The largest absolute Gasteiger partial charge is 0.486 e. The molecular weight excluding hydrogens is 206 g/mol. The molecule has 0 saturated carbocycles. The fourth-order valence-corrected chi connectivity index (χ4v) is 1.72. The van der Waals surface area contributed by atoms with Gasteiger partial charge >= 0.3 is 0 Å². The summed E-state index contributed by atoms with van der Waals surface area (Å²) in [6, 6.07) is 3.65. The Bertz CT molecular complexity index is 508. The number of hydrogen-bond acceptors (Lipinski definition) is 4. The van der Waals surface area contributed by atoms with E-state index in [2.05, 4.69) is 4.98 Å². The summed E-state index contributed by atoms with van der Waals surface area (Å²) in [5.74, 6) is 1.43. The Kier molecular flexibility index (Phi) is 1.96. The summed E-state index contributed by atoms with van der Waals surface area (Å²) >= 11 is 0. The molecular formula is C11H11N3O2. The average Bonchev–Trinajstić information content (AvgIpc) is 2.81. The van der Waals surface area contributed by atoms with Crippen LogP contribution in [0.25, 0.3) is 5.69 Å². The molecule has 0 spiro atoms. The summed E-state index contributed by atoms with van der Waals surface area (Å²) in [4.78, 5) is 3.99. The van der Waals surface area contributed by atoms with Crippen LogP contribution in [0.3, 0.4) is 0 Å². The minimum absolute atomic E-state index is 0.566. The van der Waals surface area contributed by atoms with Crippen molar-refractivity contribution in [1.29, 1.82) is 0 Å². The van der Waals surface area contributed by atoms with Gasteiger partial charge in [-0.25, -0.2) is 4.98 Å². The van der Waals surface area contributed by atoms with Gasteiger partial charge in [0, 0.05) is 24.5 Å². The number of imidazole rings is 1. The van der Waals surface area contributed by atoms with Gasteiger partial charge in [-0.3, -0.25) is 0 Å². The Labute approximate surface area is 92.4 Å². The van der Waals surface area contributed by atoms with Crippen LogP contribution in [-0.4, -0.2) is 22.8 Å². The van der Waals surface area contributed by atoms with Gasteiger partial charge in [0.05, 0.1) is 17.7 Å². The highest BCUT2D eigenvalue weighted by Gasteiger charge is 2.15. The fraction of sp³-hybridized carbons (Fsp3) is 0.182. The minimum atomic E-state index is 0.566. The number of aromatic nitrogens is 2. The van der Waals surface area contributed by atoms with Gasteiger partial charge in [0.1, 0.15) is 13.2 Å². The fourth-order valence-electron chi connectivity index (χ4n) is 1.72. The maximum Gasteiger partial charge on any atom is 0.163 e. The van der Waals surface area contributed by atoms with Crippen molar-refractivity contribution in [2.24, 2.45) is 0 Å². The summed E-state index contributed by atoms with van der Waals surface area (Å²) < 4.78 is 12.8. The molecule has 2 N–H and O–H groups in total. The summed E-state index contributed by atoms with van der Waals surface area (Å²) in [6.07, 6.45) is 5.24. The van der Waals surface area contributed by atoms with E-state index in [9.17, 15) is 0 Å². The van der Waals surface area contributed by atoms with E-state index in [4.69, 9.17) is 15.2 Å². The molecule has 16 heavy (non-hydrogen) atoms. The van der Waals surface area contributed by atoms with E-state index in [-0.39, 0.29) is 0 Å². The zero-order valence-electron chi connectivity index (χ0n) is 8.59. The number of anilines is 1. The molecule has 2 heterocycles. The lowest BCUT2D eigenvalue weighted by Gasteiger charge is -2.20. The first-order chi connectivity index (χ1) is 7.84. The van der Waals surface area contributed by atoms with Crippen LogP contribution in [0.1, 0.15) is 0 Å². The Morgan fingerprint density at radius 1 is 1.19 bits per heavy atom. The molecule has 0 saturated heterocycles. The Hall–Kier alpha value is -2.17. The number of benzene rings is 1. The number of hydrogen-bond donors (Lipinski definition) is 1.